The van der Waals surface area contributed by atoms with E-state index in [2.05, 4.69) is 17.8 Å². The summed E-state index contributed by atoms with van der Waals surface area (Å²) in [5.41, 5.74) is 0. The molecule has 11 heavy (non-hydrogen) atoms. The summed E-state index contributed by atoms with van der Waals surface area (Å²) in [7, 11) is -6.40. The first kappa shape index (κ1) is 13.7. The van der Waals surface area contributed by atoms with Gasteiger partial charge >= 0.3 is 16.5 Å². The quantitative estimate of drug-likeness (QED) is 0.533. The Morgan fingerprint density at radius 2 is 1.73 bits per heavy atom. The molecule has 0 spiro atoms. The van der Waals surface area contributed by atoms with Gasteiger partial charge in [-0.25, -0.2) is 4.31 Å². The SMILES string of the molecule is C=CCC.O=[PH](O)O[PH](=O)O. The molecular formula is C4H12O5P2. The van der Waals surface area contributed by atoms with Gasteiger partial charge in [0.05, 0.1) is 0 Å². The van der Waals surface area contributed by atoms with Crippen molar-refractivity contribution in [2.45, 2.75) is 13.3 Å². The van der Waals surface area contributed by atoms with E-state index < -0.39 is 16.5 Å². The molecule has 0 bridgehead atoms. The fourth-order valence-electron chi connectivity index (χ4n) is 0.0747. The summed E-state index contributed by atoms with van der Waals surface area (Å²) < 4.78 is 22.3. The lowest BCUT2D eigenvalue weighted by Gasteiger charge is -1.86. The fraction of sp³-hybridized carbons (Fsp3) is 0.500. The molecule has 2 unspecified atom stereocenters. The third-order valence-electron chi connectivity index (χ3n) is 0.463. The molecular weight excluding hydrogens is 190 g/mol. The smallest absolute Gasteiger partial charge is 0.323 e. The molecule has 0 saturated heterocycles. The van der Waals surface area contributed by atoms with Gasteiger partial charge in [-0.05, 0) is 6.42 Å². The van der Waals surface area contributed by atoms with Gasteiger partial charge in [0.15, 0.2) is 0 Å². The highest BCUT2D eigenvalue weighted by molar-refractivity contribution is 7.46. The van der Waals surface area contributed by atoms with Gasteiger partial charge < -0.3 is 9.79 Å². The zero-order valence-corrected chi connectivity index (χ0v) is 8.11. The molecule has 0 heterocycles. The molecule has 2 atom stereocenters. The van der Waals surface area contributed by atoms with Crippen LogP contribution in [0.3, 0.4) is 0 Å². The van der Waals surface area contributed by atoms with E-state index in [0.29, 0.717) is 0 Å². The Morgan fingerprint density at radius 3 is 1.73 bits per heavy atom. The third-order valence-corrected chi connectivity index (χ3v) is 1.86. The van der Waals surface area contributed by atoms with Gasteiger partial charge in [0.2, 0.25) is 0 Å². The summed E-state index contributed by atoms with van der Waals surface area (Å²) >= 11 is 0. The molecule has 0 aliphatic carbocycles. The Labute approximate surface area is 66.6 Å². The number of hydrogen-bond acceptors (Lipinski definition) is 3. The van der Waals surface area contributed by atoms with Crippen molar-refractivity contribution in [2.24, 2.45) is 0 Å². The molecule has 5 nitrogen and oxygen atoms in total. The lowest BCUT2D eigenvalue weighted by Crippen LogP contribution is -1.58. The van der Waals surface area contributed by atoms with Crippen LogP contribution < -0.4 is 0 Å². The Hall–Kier alpha value is 0.0800. The van der Waals surface area contributed by atoms with Crippen LogP contribution in [0.2, 0.25) is 0 Å². The van der Waals surface area contributed by atoms with E-state index in [1.54, 1.807) is 0 Å². The standard InChI is InChI=1S/C4H8.H4O5P2/c1-3-4-2;1-6(2)5-7(3)4/h3H,1,4H2,2H3;6-7H,(H,1,2)(H,3,4). The largest absolute Gasteiger partial charge is 0.326 e. The molecule has 0 aliphatic heterocycles. The minimum absolute atomic E-state index is 1.08. The molecule has 0 aromatic carbocycles. The molecule has 0 rings (SSSR count). The number of rotatable bonds is 3. The third kappa shape index (κ3) is 25.5. The second-order valence-electron chi connectivity index (χ2n) is 1.33. The van der Waals surface area contributed by atoms with Crippen molar-refractivity contribution < 1.29 is 23.2 Å². The lowest BCUT2D eigenvalue weighted by molar-refractivity contribution is 0.371. The van der Waals surface area contributed by atoms with Crippen LogP contribution >= 0.6 is 16.5 Å². The molecule has 0 aromatic heterocycles. The van der Waals surface area contributed by atoms with E-state index in [1.807, 2.05) is 6.08 Å². The van der Waals surface area contributed by atoms with E-state index in [0.717, 1.165) is 6.42 Å². The second kappa shape index (κ2) is 10.1. The van der Waals surface area contributed by atoms with E-state index in [1.165, 1.54) is 0 Å². The first-order valence-electron chi connectivity index (χ1n) is 2.79. The van der Waals surface area contributed by atoms with Crippen LogP contribution in [0.1, 0.15) is 13.3 Å². The average molecular weight is 202 g/mol. The summed E-state index contributed by atoms with van der Waals surface area (Å²) in [6.07, 6.45) is 2.96. The van der Waals surface area contributed by atoms with Crippen molar-refractivity contribution in [2.75, 3.05) is 0 Å². The topological polar surface area (TPSA) is 83.8 Å². The predicted molar refractivity (Wildman–Crippen MR) is 44.0 cm³/mol. The van der Waals surface area contributed by atoms with Gasteiger partial charge in [-0.1, -0.05) is 13.0 Å². The van der Waals surface area contributed by atoms with Crippen molar-refractivity contribution >= 4 is 16.5 Å². The van der Waals surface area contributed by atoms with Crippen molar-refractivity contribution in [1.82, 2.24) is 0 Å². The Balaban J connectivity index is 0. The van der Waals surface area contributed by atoms with Crippen molar-refractivity contribution in [3.05, 3.63) is 12.7 Å². The Kier molecular flexibility index (Phi) is 12.5. The zero-order chi connectivity index (χ0) is 9.28. The summed E-state index contributed by atoms with van der Waals surface area (Å²) in [5.74, 6) is 0. The number of hydrogen-bond donors (Lipinski definition) is 2. The first-order valence-corrected chi connectivity index (χ1v) is 5.31. The van der Waals surface area contributed by atoms with E-state index >= 15 is 0 Å². The van der Waals surface area contributed by atoms with Gasteiger partial charge in [-0.2, -0.15) is 0 Å². The maximum atomic E-state index is 9.44. The van der Waals surface area contributed by atoms with Crippen LogP contribution in [-0.4, -0.2) is 9.79 Å². The van der Waals surface area contributed by atoms with Crippen LogP contribution in [0.15, 0.2) is 12.7 Å². The lowest BCUT2D eigenvalue weighted by atomic mass is 10.5. The molecule has 0 aromatic rings. The molecule has 0 saturated carbocycles. The Morgan fingerprint density at radius 1 is 1.45 bits per heavy atom. The normalized spacial score (nSPS) is 14.1. The Bertz CT molecular complexity index is 133. The maximum Gasteiger partial charge on any atom is 0.323 e. The molecule has 0 aliphatic rings. The minimum atomic E-state index is -3.20. The summed E-state index contributed by atoms with van der Waals surface area (Å²) in [5, 5.41) is 0. The van der Waals surface area contributed by atoms with Gasteiger partial charge in [-0.3, -0.25) is 9.13 Å². The van der Waals surface area contributed by atoms with Crippen LogP contribution in [0.25, 0.3) is 0 Å². The van der Waals surface area contributed by atoms with Crippen molar-refractivity contribution in [1.29, 1.82) is 0 Å². The molecule has 7 heteroatoms. The van der Waals surface area contributed by atoms with Gasteiger partial charge in [-0.15, -0.1) is 6.58 Å². The van der Waals surface area contributed by atoms with Crippen molar-refractivity contribution in [3.8, 4) is 0 Å². The van der Waals surface area contributed by atoms with E-state index in [4.69, 9.17) is 9.79 Å². The second-order valence-corrected chi connectivity index (χ2v) is 3.21. The van der Waals surface area contributed by atoms with Crippen LogP contribution in [0.4, 0.5) is 0 Å². The molecule has 0 radical (unpaired) electrons. The first-order chi connectivity index (χ1) is 5.04. The fourth-order valence-corrected chi connectivity index (χ4v) is 0.672. The van der Waals surface area contributed by atoms with E-state index in [9.17, 15) is 9.13 Å². The maximum absolute atomic E-state index is 9.44. The van der Waals surface area contributed by atoms with Gasteiger partial charge in [0.25, 0.3) is 0 Å². The summed E-state index contributed by atoms with van der Waals surface area (Å²) in [4.78, 5) is 15.4. The van der Waals surface area contributed by atoms with E-state index in [-0.39, 0.29) is 0 Å². The molecule has 2 N–H and O–H groups in total. The minimum Gasteiger partial charge on any atom is -0.326 e. The summed E-state index contributed by atoms with van der Waals surface area (Å²) in [6, 6.07) is 0. The highest BCUT2D eigenvalue weighted by Crippen LogP contribution is 2.30. The molecule has 68 valence electrons. The molecule has 0 fully saturated rings. The monoisotopic (exact) mass is 202 g/mol. The number of allylic oxidation sites excluding steroid dienone is 1. The van der Waals surface area contributed by atoms with Crippen LogP contribution in [-0.2, 0) is 13.4 Å². The predicted octanol–water partition coefficient (Wildman–Crippen LogP) is 1.35. The van der Waals surface area contributed by atoms with Gasteiger partial charge in [0, 0.05) is 0 Å². The highest BCUT2D eigenvalue weighted by Gasteiger charge is 1.93. The zero-order valence-electron chi connectivity index (χ0n) is 6.11. The van der Waals surface area contributed by atoms with Crippen molar-refractivity contribution in [3.63, 3.8) is 0 Å². The average Bonchev–Trinajstić information content (AvgIpc) is 1.85. The summed E-state index contributed by atoms with van der Waals surface area (Å²) in [6.45, 7) is 5.54. The molecule has 0 amide bonds. The highest BCUT2D eigenvalue weighted by atomic mass is 31.2. The van der Waals surface area contributed by atoms with Crippen LogP contribution in [0, 0.1) is 0 Å². The van der Waals surface area contributed by atoms with Crippen LogP contribution in [0.5, 0.6) is 0 Å². The van der Waals surface area contributed by atoms with Gasteiger partial charge in [0.1, 0.15) is 0 Å².